The molecule has 18 heavy (non-hydrogen) atoms. The highest BCUT2D eigenvalue weighted by atomic mass is 35.5. The van der Waals surface area contributed by atoms with Crippen LogP contribution in [0.4, 0.5) is 11.4 Å². The first-order chi connectivity index (χ1) is 8.47. The second kappa shape index (κ2) is 4.04. The molecule has 1 aliphatic heterocycles. The molecule has 0 radical (unpaired) electrons. The number of hydrogen-bond acceptors (Lipinski definition) is 2. The molecule has 2 aliphatic rings. The second-order valence-corrected chi connectivity index (χ2v) is 6.60. The third kappa shape index (κ3) is 2.06. The number of alkyl halides is 2. The molecule has 1 atom stereocenters. The van der Waals surface area contributed by atoms with Gasteiger partial charge in [-0.15, -0.1) is 23.2 Å². The third-order valence-corrected chi connectivity index (χ3v) is 4.59. The van der Waals surface area contributed by atoms with Crippen molar-refractivity contribution in [2.45, 2.75) is 23.6 Å². The number of benzene rings is 1. The van der Waals surface area contributed by atoms with E-state index in [1.807, 2.05) is 18.2 Å². The van der Waals surface area contributed by atoms with Crippen LogP contribution in [0.15, 0.2) is 18.2 Å². The van der Waals surface area contributed by atoms with Crippen molar-refractivity contribution in [1.82, 2.24) is 0 Å². The fourth-order valence-corrected chi connectivity index (χ4v) is 2.98. The van der Waals surface area contributed by atoms with Crippen molar-refractivity contribution in [1.29, 1.82) is 0 Å². The molecule has 3 nitrogen and oxygen atoms in total. The van der Waals surface area contributed by atoms with Gasteiger partial charge in [0.25, 0.3) is 0 Å². The zero-order chi connectivity index (χ0) is 12.9. The van der Waals surface area contributed by atoms with Crippen LogP contribution in [0.25, 0.3) is 0 Å². The van der Waals surface area contributed by atoms with Gasteiger partial charge in [0.15, 0.2) is 0 Å². The lowest BCUT2D eigenvalue weighted by atomic mass is 10.00. The first-order valence-corrected chi connectivity index (χ1v) is 6.79. The lowest BCUT2D eigenvalue weighted by molar-refractivity contribution is -0.118. The van der Waals surface area contributed by atoms with Crippen LogP contribution < -0.4 is 10.6 Å². The normalized spacial score (nSPS) is 24.9. The molecule has 0 unspecified atom stereocenters. The maximum Gasteiger partial charge on any atom is 0.227 e. The van der Waals surface area contributed by atoms with Gasteiger partial charge in [-0.05, 0) is 36.6 Å². The van der Waals surface area contributed by atoms with Crippen LogP contribution in [0.5, 0.6) is 0 Å². The van der Waals surface area contributed by atoms with E-state index in [9.17, 15) is 4.79 Å². The molecule has 3 rings (SSSR count). The summed E-state index contributed by atoms with van der Waals surface area (Å²) in [5.74, 6) is 0.316. The molecule has 0 aromatic heterocycles. The Hall–Kier alpha value is -0.930. The van der Waals surface area contributed by atoms with E-state index in [1.165, 1.54) is 0 Å². The molecule has 0 spiro atoms. The summed E-state index contributed by atoms with van der Waals surface area (Å²) in [4.78, 5) is 13.8. The summed E-state index contributed by atoms with van der Waals surface area (Å²) in [5.41, 5.74) is 8.59. The van der Waals surface area contributed by atoms with Gasteiger partial charge in [-0.1, -0.05) is 0 Å². The van der Waals surface area contributed by atoms with Gasteiger partial charge < -0.3 is 10.6 Å². The number of nitrogens with zero attached hydrogens (tertiary/aromatic N) is 1. The second-order valence-electron chi connectivity index (χ2n) is 5.05. The number of nitrogen functional groups attached to an aromatic ring is 1. The molecule has 1 saturated carbocycles. The number of carbonyl (C=O) groups excluding carboxylic acids is 1. The fourth-order valence-electron chi connectivity index (χ4n) is 2.47. The molecule has 96 valence electrons. The van der Waals surface area contributed by atoms with Crippen molar-refractivity contribution in [3.05, 3.63) is 23.8 Å². The Morgan fingerprint density at radius 1 is 1.39 bits per heavy atom. The van der Waals surface area contributed by atoms with Gasteiger partial charge in [0.2, 0.25) is 5.91 Å². The zero-order valence-electron chi connectivity index (χ0n) is 9.83. The molecule has 1 heterocycles. The van der Waals surface area contributed by atoms with Gasteiger partial charge >= 0.3 is 0 Å². The van der Waals surface area contributed by atoms with Gasteiger partial charge in [0.1, 0.15) is 4.33 Å². The Bertz CT molecular complexity index is 516. The summed E-state index contributed by atoms with van der Waals surface area (Å²) in [6.45, 7) is 0.600. The lowest BCUT2D eigenvalue weighted by Gasteiger charge is -2.30. The maximum atomic E-state index is 12.0. The Labute approximate surface area is 116 Å². The van der Waals surface area contributed by atoms with Crippen molar-refractivity contribution in [2.75, 3.05) is 17.2 Å². The quantitative estimate of drug-likeness (QED) is 0.671. The third-order valence-electron chi connectivity index (χ3n) is 3.66. The van der Waals surface area contributed by atoms with Crippen LogP contribution in [0.2, 0.25) is 0 Å². The number of fused-ring (bicyclic) bond motifs is 1. The first-order valence-electron chi connectivity index (χ1n) is 6.04. The highest BCUT2D eigenvalue weighted by molar-refractivity contribution is 6.50. The summed E-state index contributed by atoms with van der Waals surface area (Å²) in [7, 11) is 0. The average Bonchev–Trinajstić information content (AvgIpc) is 2.90. The molecule has 1 aromatic rings. The highest BCUT2D eigenvalue weighted by Crippen LogP contribution is 2.53. The SMILES string of the molecule is Nc1ccc2c(c1)CCC(=O)N2C[C@@H]1CC1(Cl)Cl. The standard InChI is InChI=1S/C13H14Cl2N2O/c14-13(15)6-9(13)7-17-11-3-2-10(16)5-8(11)1-4-12(17)18/h2-3,5,9H,1,4,6-7,16H2/t9-/m0/s1. The number of aryl methyl sites for hydroxylation is 1. The zero-order valence-corrected chi connectivity index (χ0v) is 11.3. The molecule has 0 saturated heterocycles. The largest absolute Gasteiger partial charge is 0.399 e. The Morgan fingerprint density at radius 2 is 2.11 bits per heavy atom. The van der Waals surface area contributed by atoms with Crippen molar-refractivity contribution in [3.8, 4) is 0 Å². The van der Waals surface area contributed by atoms with E-state index in [1.54, 1.807) is 4.90 Å². The minimum absolute atomic E-state index is 0.142. The van der Waals surface area contributed by atoms with E-state index >= 15 is 0 Å². The van der Waals surface area contributed by atoms with E-state index in [0.29, 0.717) is 13.0 Å². The molecule has 2 N–H and O–H groups in total. The van der Waals surface area contributed by atoms with Gasteiger partial charge in [-0.25, -0.2) is 0 Å². The van der Waals surface area contributed by atoms with Gasteiger partial charge in [0, 0.05) is 30.3 Å². The van der Waals surface area contributed by atoms with Gasteiger partial charge in [0.05, 0.1) is 0 Å². The minimum Gasteiger partial charge on any atom is -0.399 e. The summed E-state index contributed by atoms with van der Waals surface area (Å²) >= 11 is 12.1. The van der Waals surface area contributed by atoms with E-state index in [0.717, 1.165) is 29.8 Å². The van der Waals surface area contributed by atoms with Crippen LogP contribution in [0.1, 0.15) is 18.4 Å². The van der Waals surface area contributed by atoms with Crippen molar-refractivity contribution >= 4 is 40.5 Å². The van der Waals surface area contributed by atoms with Crippen LogP contribution in [-0.4, -0.2) is 16.8 Å². The Kier molecular flexibility index (Phi) is 2.72. The fraction of sp³-hybridized carbons (Fsp3) is 0.462. The Balaban J connectivity index is 1.88. The van der Waals surface area contributed by atoms with Gasteiger partial charge in [-0.3, -0.25) is 4.79 Å². The molecule has 1 aromatic carbocycles. The smallest absolute Gasteiger partial charge is 0.227 e. The topological polar surface area (TPSA) is 46.3 Å². The maximum absolute atomic E-state index is 12.0. The number of halogens is 2. The van der Waals surface area contributed by atoms with E-state index in [-0.39, 0.29) is 11.8 Å². The highest BCUT2D eigenvalue weighted by Gasteiger charge is 2.52. The molecular formula is C13H14Cl2N2O. The van der Waals surface area contributed by atoms with Crippen molar-refractivity contribution < 1.29 is 4.79 Å². The van der Waals surface area contributed by atoms with E-state index in [2.05, 4.69) is 0 Å². The number of hydrogen-bond donors (Lipinski definition) is 1. The van der Waals surface area contributed by atoms with Crippen LogP contribution in [0, 0.1) is 5.92 Å². The van der Waals surface area contributed by atoms with E-state index in [4.69, 9.17) is 28.9 Å². The van der Waals surface area contributed by atoms with Crippen LogP contribution in [-0.2, 0) is 11.2 Å². The number of carbonyl (C=O) groups is 1. The minimum atomic E-state index is -0.647. The summed E-state index contributed by atoms with van der Waals surface area (Å²) in [6, 6.07) is 5.68. The number of nitrogens with two attached hydrogens (primary N) is 1. The summed E-state index contributed by atoms with van der Waals surface area (Å²) < 4.78 is -0.647. The molecule has 0 bridgehead atoms. The molecular weight excluding hydrogens is 271 g/mol. The van der Waals surface area contributed by atoms with Crippen molar-refractivity contribution in [2.24, 2.45) is 5.92 Å². The number of rotatable bonds is 2. The number of anilines is 2. The average molecular weight is 285 g/mol. The summed E-state index contributed by atoms with van der Waals surface area (Å²) in [5, 5.41) is 0. The monoisotopic (exact) mass is 284 g/mol. The predicted octanol–water partition coefficient (Wildman–Crippen LogP) is 2.74. The molecule has 5 heteroatoms. The van der Waals surface area contributed by atoms with Crippen LogP contribution in [0.3, 0.4) is 0 Å². The molecule has 1 amide bonds. The van der Waals surface area contributed by atoms with Crippen molar-refractivity contribution in [3.63, 3.8) is 0 Å². The number of amides is 1. The summed E-state index contributed by atoms with van der Waals surface area (Å²) in [6.07, 6.45) is 2.04. The van der Waals surface area contributed by atoms with Crippen LogP contribution >= 0.6 is 23.2 Å². The molecule has 1 aliphatic carbocycles. The Morgan fingerprint density at radius 3 is 2.78 bits per heavy atom. The first kappa shape index (κ1) is 12.1. The van der Waals surface area contributed by atoms with Gasteiger partial charge in [-0.2, -0.15) is 0 Å². The predicted molar refractivity (Wildman–Crippen MR) is 74.1 cm³/mol. The van der Waals surface area contributed by atoms with E-state index < -0.39 is 4.33 Å². The molecule has 1 fully saturated rings. The lowest BCUT2D eigenvalue weighted by Crippen LogP contribution is -2.37.